The molecule has 1 aliphatic heterocycles. The van der Waals surface area contributed by atoms with E-state index in [9.17, 15) is 0 Å². The molecule has 0 bridgehead atoms. The fourth-order valence-corrected chi connectivity index (χ4v) is 1.70. The predicted octanol–water partition coefficient (Wildman–Crippen LogP) is 0.604. The molecule has 0 radical (unpaired) electrons. The van der Waals surface area contributed by atoms with Crippen molar-refractivity contribution < 1.29 is 4.52 Å². The quantitative estimate of drug-likeness (QED) is 0.741. The number of nitrogens with zero attached hydrogens (tertiary/aromatic N) is 2. The van der Waals surface area contributed by atoms with Crippen molar-refractivity contribution in [1.82, 2.24) is 20.8 Å². The molecule has 0 amide bonds. The summed E-state index contributed by atoms with van der Waals surface area (Å²) in [6.07, 6.45) is 3.58. The Morgan fingerprint density at radius 3 is 3.21 bits per heavy atom. The van der Waals surface area contributed by atoms with Gasteiger partial charge in [-0.05, 0) is 26.4 Å². The van der Waals surface area contributed by atoms with Crippen LogP contribution in [0.3, 0.4) is 0 Å². The molecule has 2 heterocycles. The minimum atomic E-state index is 0.266. The van der Waals surface area contributed by atoms with Crippen LogP contribution < -0.4 is 10.6 Å². The molecule has 2 rings (SSSR count). The molecule has 0 aromatic carbocycles. The monoisotopic (exact) mass is 196 g/mol. The predicted molar refractivity (Wildman–Crippen MR) is 51.7 cm³/mol. The molecule has 0 aliphatic carbocycles. The van der Waals surface area contributed by atoms with Crippen molar-refractivity contribution in [2.24, 2.45) is 0 Å². The lowest BCUT2D eigenvalue weighted by molar-refractivity contribution is 0.295. The third kappa shape index (κ3) is 2.10. The van der Waals surface area contributed by atoms with Crippen LogP contribution in [0.2, 0.25) is 0 Å². The van der Waals surface area contributed by atoms with Gasteiger partial charge < -0.3 is 15.2 Å². The lowest BCUT2D eigenvalue weighted by Gasteiger charge is -2.19. The van der Waals surface area contributed by atoms with Crippen LogP contribution in [-0.2, 0) is 6.54 Å². The Morgan fingerprint density at radius 2 is 2.50 bits per heavy atom. The van der Waals surface area contributed by atoms with Crippen LogP contribution in [0, 0.1) is 0 Å². The van der Waals surface area contributed by atoms with Gasteiger partial charge in [0.1, 0.15) is 0 Å². The van der Waals surface area contributed by atoms with Crippen LogP contribution >= 0.6 is 0 Å². The summed E-state index contributed by atoms with van der Waals surface area (Å²) in [5.74, 6) is 1.46. The molecule has 1 aromatic rings. The van der Waals surface area contributed by atoms with Crippen molar-refractivity contribution in [1.29, 1.82) is 0 Å². The van der Waals surface area contributed by atoms with E-state index in [2.05, 4.69) is 20.8 Å². The molecule has 78 valence electrons. The van der Waals surface area contributed by atoms with E-state index in [-0.39, 0.29) is 6.04 Å². The van der Waals surface area contributed by atoms with Gasteiger partial charge in [-0.15, -0.1) is 0 Å². The third-order valence-corrected chi connectivity index (χ3v) is 2.43. The van der Waals surface area contributed by atoms with E-state index in [1.165, 1.54) is 12.8 Å². The van der Waals surface area contributed by atoms with Crippen molar-refractivity contribution in [3.63, 3.8) is 0 Å². The van der Waals surface area contributed by atoms with Crippen LogP contribution in [0.15, 0.2) is 4.52 Å². The van der Waals surface area contributed by atoms with Crippen LogP contribution in [0.25, 0.3) is 0 Å². The number of aromatic nitrogens is 2. The van der Waals surface area contributed by atoms with Crippen molar-refractivity contribution in [3.05, 3.63) is 11.7 Å². The van der Waals surface area contributed by atoms with Crippen LogP contribution in [-0.4, -0.2) is 23.7 Å². The number of hydrogen-bond acceptors (Lipinski definition) is 5. The number of piperidine rings is 1. The fourth-order valence-electron chi connectivity index (χ4n) is 1.70. The van der Waals surface area contributed by atoms with Crippen molar-refractivity contribution in [2.45, 2.75) is 31.8 Å². The second-order valence-electron chi connectivity index (χ2n) is 3.58. The largest absolute Gasteiger partial charge is 0.338 e. The van der Waals surface area contributed by atoms with E-state index >= 15 is 0 Å². The van der Waals surface area contributed by atoms with E-state index in [0.717, 1.165) is 24.7 Å². The molecule has 5 heteroatoms. The molecule has 1 saturated heterocycles. The molecule has 0 spiro atoms. The zero-order valence-electron chi connectivity index (χ0n) is 8.42. The van der Waals surface area contributed by atoms with Gasteiger partial charge in [0, 0.05) is 0 Å². The van der Waals surface area contributed by atoms with E-state index in [1.54, 1.807) is 0 Å². The summed E-state index contributed by atoms with van der Waals surface area (Å²) >= 11 is 0. The van der Waals surface area contributed by atoms with E-state index in [4.69, 9.17) is 4.52 Å². The summed E-state index contributed by atoms with van der Waals surface area (Å²) in [6.45, 7) is 1.71. The maximum absolute atomic E-state index is 5.19. The molecule has 1 aromatic heterocycles. The maximum atomic E-state index is 5.19. The molecule has 2 N–H and O–H groups in total. The number of hydrogen-bond donors (Lipinski definition) is 2. The SMILES string of the molecule is CNCc1noc(C2CCCCN2)n1. The van der Waals surface area contributed by atoms with Crippen molar-refractivity contribution in [2.75, 3.05) is 13.6 Å². The number of nitrogens with one attached hydrogen (secondary N) is 2. The first kappa shape index (κ1) is 9.61. The second kappa shape index (κ2) is 4.52. The minimum absolute atomic E-state index is 0.266. The lowest BCUT2D eigenvalue weighted by atomic mass is 10.1. The highest BCUT2D eigenvalue weighted by Crippen LogP contribution is 2.20. The average molecular weight is 196 g/mol. The van der Waals surface area contributed by atoms with Gasteiger partial charge in [-0.3, -0.25) is 0 Å². The summed E-state index contributed by atoms with van der Waals surface area (Å²) < 4.78 is 5.19. The molecule has 1 atom stereocenters. The van der Waals surface area contributed by atoms with Crippen LogP contribution in [0.5, 0.6) is 0 Å². The topological polar surface area (TPSA) is 63.0 Å². The van der Waals surface area contributed by atoms with Gasteiger partial charge in [0.05, 0.1) is 12.6 Å². The molecule has 0 saturated carbocycles. The first-order chi connectivity index (χ1) is 6.90. The summed E-state index contributed by atoms with van der Waals surface area (Å²) in [6, 6.07) is 0.266. The first-order valence-electron chi connectivity index (χ1n) is 5.10. The first-order valence-corrected chi connectivity index (χ1v) is 5.10. The van der Waals surface area contributed by atoms with E-state index in [1.807, 2.05) is 7.05 Å². The molecule has 5 nitrogen and oxygen atoms in total. The second-order valence-corrected chi connectivity index (χ2v) is 3.58. The Hall–Kier alpha value is -0.940. The molecule has 1 unspecified atom stereocenters. The smallest absolute Gasteiger partial charge is 0.243 e. The highest BCUT2D eigenvalue weighted by atomic mass is 16.5. The molecular formula is C9H16N4O. The summed E-state index contributed by atoms with van der Waals surface area (Å²) in [5.41, 5.74) is 0. The van der Waals surface area contributed by atoms with Gasteiger partial charge in [0.15, 0.2) is 5.82 Å². The Kier molecular flexibility index (Phi) is 3.10. The summed E-state index contributed by atoms with van der Waals surface area (Å²) in [5, 5.41) is 10.3. The average Bonchev–Trinajstić information content (AvgIpc) is 2.68. The normalized spacial score (nSPS) is 22.5. The minimum Gasteiger partial charge on any atom is -0.338 e. The van der Waals surface area contributed by atoms with Crippen LogP contribution in [0.1, 0.15) is 37.0 Å². The molecule has 1 aliphatic rings. The molecule has 1 fully saturated rings. The van der Waals surface area contributed by atoms with Gasteiger partial charge >= 0.3 is 0 Å². The fraction of sp³-hybridized carbons (Fsp3) is 0.778. The lowest BCUT2D eigenvalue weighted by Crippen LogP contribution is -2.27. The van der Waals surface area contributed by atoms with Gasteiger partial charge in [-0.1, -0.05) is 11.6 Å². The summed E-state index contributed by atoms with van der Waals surface area (Å²) in [7, 11) is 1.87. The highest BCUT2D eigenvalue weighted by Gasteiger charge is 2.20. The Labute approximate surface area is 83.3 Å². The van der Waals surface area contributed by atoms with Gasteiger partial charge in [0.2, 0.25) is 5.89 Å². The van der Waals surface area contributed by atoms with Gasteiger partial charge in [-0.25, -0.2) is 0 Å². The summed E-state index contributed by atoms with van der Waals surface area (Å²) in [4.78, 5) is 4.32. The van der Waals surface area contributed by atoms with Crippen LogP contribution in [0.4, 0.5) is 0 Å². The van der Waals surface area contributed by atoms with Gasteiger partial charge in [0.25, 0.3) is 0 Å². The van der Waals surface area contributed by atoms with E-state index in [0.29, 0.717) is 6.54 Å². The molecular weight excluding hydrogens is 180 g/mol. The number of rotatable bonds is 3. The Balaban J connectivity index is 2.00. The zero-order chi connectivity index (χ0) is 9.80. The highest BCUT2D eigenvalue weighted by molar-refractivity contribution is 4.94. The zero-order valence-corrected chi connectivity index (χ0v) is 8.42. The van der Waals surface area contributed by atoms with Gasteiger partial charge in [-0.2, -0.15) is 4.98 Å². The van der Waals surface area contributed by atoms with E-state index < -0.39 is 0 Å². The van der Waals surface area contributed by atoms with Crippen molar-refractivity contribution >= 4 is 0 Å². The standard InChI is InChI=1S/C9H16N4O/c1-10-6-8-12-9(14-13-8)7-4-2-3-5-11-7/h7,10-11H,2-6H2,1H3. The maximum Gasteiger partial charge on any atom is 0.243 e. The van der Waals surface area contributed by atoms with Crippen molar-refractivity contribution in [3.8, 4) is 0 Å². The third-order valence-electron chi connectivity index (χ3n) is 2.43. The Morgan fingerprint density at radius 1 is 1.57 bits per heavy atom. The Bertz CT molecular complexity index is 280. The molecule has 14 heavy (non-hydrogen) atoms.